The zero-order chi connectivity index (χ0) is 15.4. The zero-order valence-corrected chi connectivity index (χ0v) is 13.5. The van der Waals surface area contributed by atoms with Gasteiger partial charge in [0.2, 0.25) is 6.10 Å². The SMILES string of the molecule is CC1=NO[C@H](C(=O)NCC2(N3CCOCC3)CCCCC2)C1. The molecule has 1 N–H and O–H groups in total. The third kappa shape index (κ3) is 3.43. The number of morpholine rings is 1. The Labute approximate surface area is 132 Å². The first-order chi connectivity index (χ1) is 10.7. The molecule has 1 amide bonds. The van der Waals surface area contributed by atoms with Crippen LogP contribution < -0.4 is 5.32 Å². The fourth-order valence-electron chi connectivity index (χ4n) is 3.85. The van der Waals surface area contributed by atoms with Crippen LogP contribution >= 0.6 is 0 Å². The molecule has 1 saturated heterocycles. The van der Waals surface area contributed by atoms with E-state index in [1.54, 1.807) is 0 Å². The van der Waals surface area contributed by atoms with Gasteiger partial charge in [-0.1, -0.05) is 24.4 Å². The molecule has 0 aromatic rings. The number of nitrogens with zero attached hydrogens (tertiary/aromatic N) is 2. The summed E-state index contributed by atoms with van der Waals surface area (Å²) in [6.45, 7) is 6.15. The largest absolute Gasteiger partial charge is 0.382 e. The predicted molar refractivity (Wildman–Crippen MR) is 83.8 cm³/mol. The van der Waals surface area contributed by atoms with Gasteiger partial charge < -0.3 is 14.9 Å². The highest BCUT2D eigenvalue weighted by Crippen LogP contribution is 2.34. The van der Waals surface area contributed by atoms with Crippen LogP contribution in [-0.2, 0) is 14.4 Å². The van der Waals surface area contributed by atoms with Crippen LogP contribution in [0.5, 0.6) is 0 Å². The molecule has 3 aliphatic rings. The van der Waals surface area contributed by atoms with Crippen molar-refractivity contribution in [2.24, 2.45) is 5.16 Å². The van der Waals surface area contributed by atoms with Gasteiger partial charge in [0, 0.05) is 31.6 Å². The van der Waals surface area contributed by atoms with Crippen molar-refractivity contribution in [3.8, 4) is 0 Å². The molecule has 1 aliphatic carbocycles. The summed E-state index contributed by atoms with van der Waals surface area (Å²) in [5.41, 5.74) is 0.993. The Hall–Kier alpha value is -1.14. The Balaban J connectivity index is 1.59. The topological polar surface area (TPSA) is 63.2 Å². The number of amides is 1. The van der Waals surface area contributed by atoms with Crippen LogP contribution in [0.1, 0.15) is 45.4 Å². The molecular weight excluding hydrogens is 282 g/mol. The second kappa shape index (κ2) is 6.96. The maximum Gasteiger partial charge on any atom is 0.264 e. The minimum Gasteiger partial charge on any atom is -0.382 e. The number of nitrogens with one attached hydrogen (secondary N) is 1. The summed E-state index contributed by atoms with van der Waals surface area (Å²) in [5.74, 6) is -0.0289. The monoisotopic (exact) mass is 309 g/mol. The maximum atomic E-state index is 12.3. The summed E-state index contributed by atoms with van der Waals surface area (Å²) < 4.78 is 5.49. The number of oxime groups is 1. The molecule has 1 atom stereocenters. The number of carbonyl (C=O) groups is 1. The molecule has 6 nitrogen and oxygen atoms in total. The molecule has 0 bridgehead atoms. The minimum atomic E-state index is -0.440. The lowest BCUT2D eigenvalue weighted by Gasteiger charge is -2.48. The molecule has 6 heteroatoms. The lowest BCUT2D eigenvalue weighted by atomic mass is 9.79. The molecule has 124 valence electrons. The molecule has 0 unspecified atom stereocenters. The molecule has 0 radical (unpaired) electrons. The third-order valence-corrected chi connectivity index (χ3v) is 5.17. The second-order valence-corrected chi connectivity index (χ2v) is 6.73. The number of ether oxygens (including phenoxy) is 1. The van der Waals surface area contributed by atoms with Gasteiger partial charge in [-0.15, -0.1) is 0 Å². The van der Waals surface area contributed by atoms with Gasteiger partial charge in [0.05, 0.1) is 18.9 Å². The summed E-state index contributed by atoms with van der Waals surface area (Å²) in [5, 5.41) is 7.00. The van der Waals surface area contributed by atoms with Crippen molar-refractivity contribution in [3.63, 3.8) is 0 Å². The summed E-state index contributed by atoms with van der Waals surface area (Å²) in [6.07, 6.45) is 6.29. The Bertz CT molecular complexity index is 426. The van der Waals surface area contributed by atoms with Crippen molar-refractivity contribution in [1.29, 1.82) is 0 Å². The molecule has 22 heavy (non-hydrogen) atoms. The molecular formula is C16H27N3O3. The van der Waals surface area contributed by atoms with E-state index in [2.05, 4.69) is 15.4 Å². The highest BCUT2D eigenvalue weighted by molar-refractivity contribution is 5.91. The van der Waals surface area contributed by atoms with Crippen LogP contribution in [-0.4, -0.2) is 61.0 Å². The van der Waals surface area contributed by atoms with Crippen LogP contribution in [0.15, 0.2) is 5.16 Å². The molecule has 2 fully saturated rings. The van der Waals surface area contributed by atoms with Crippen molar-refractivity contribution in [2.75, 3.05) is 32.8 Å². The van der Waals surface area contributed by atoms with Crippen LogP contribution in [0.3, 0.4) is 0 Å². The summed E-state index contributed by atoms with van der Waals surface area (Å²) in [7, 11) is 0. The van der Waals surface area contributed by atoms with E-state index in [1.807, 2.05) is 6.92 Å². The van der Waals surface area contributed by atoms with Gasteiger partial charge in [-0.2, -0.15) is 0 Å². The maximum absolute atomic E-state index is 12.3. The molecule has 3 rings (SSSR count). The van der Waals surface area contributed by atoms with Crippen molar-refractivity contribution < 1.29 is 14.4 Å². The first kappa shape index (κ1) is 15.7. The van der Waals surface area contributed by atoms with Gasteiger partial charge in [-0.25, -0.2) is 0 Å². The predicted octanol–water partition coefficient (Wildman–Crippen LogP) is 1.30. The Morgan fingerprint density at radius 2 is 2.05 bits per heavy atom. The highest BCUT2D eigenvalue weighted by atomic mass is 16.6. The average molecular weight is 309 g/mol. The lowest BCUT2D eigenvalue weighted by molar-refractivity contribution is -0.132. The normalized spacial score (nSPS) is 28.8. The third-order valence-electron chi connectivity index (χ3n) is 5.17. The van der Waals surface area contributed by atoms with Gasteiger partial charge in [0.15, 0.2) is 0 Å². The molecule has 2 heterocycles. The van der Waals surface area contributed by atoms with Crippen LogP contribution in [0.2, 0.25) is 0 Å². The van der Waals surface area contributed by atoms with Crippen molar-refractivity contribution in [3.05, 3.63) is 0 Å². The van der Waals surface area contributed by atoms with E-state index in [9.17, 15) is 4.79 Å². The lowest BCUT2D eigenvalue weighted by Crippen LogP contribution is -2.60. The standard InChI is InChI=1S/C16H27N3O3/c1-13-11-14(22-18-13)15(20)17-12-16(5-3-2-4-6-16)19-7-9-21-10-8-19/h14H,2-12H2,1H3,(H,17,20)/t14-/m0/s1. The van der Waals surface area contributed by atoms with Gasteiger partial charge in [0.1, 0.15) is 0 Å². The number of rotatable bonds is 4. The van der Waals surface area contributed by atoms with E-state index in [0.29, 0.717) is 13.0 Å². The smallest absolute Gasteiger partial charge is 0.264 e. The van der Waals surface area contributed by atoms with Crippen LogP contribution in [0.4, 0.5) is 0 Å². The molecule has 0 aromatic heterocycles. The first-order valence-electron chi connectivity index (χ1n) is 8.49. The Morgan fingerprint density at radius 1 is 1.32 bits per heavy atom. The van der Waals surface area contributed by atoms with E-state index in [4.69, 9.17) is 9.57 Å². The summed E-state index contributed by atoms with van der Waals surface area (Å²) in [6, 6.07) is 0. The fraction of sp³-hybridized carbons (Fsp3) is 0.875. The quantitative estimate of drug-likeness (QED) is 0.850. The molecule has 1 saturated carbocycles. The molecule has 2 aliphatic heterocycles. The highest BCUT2D eigenvalue weighted by Gasteiger charge is 2.39. The van der Waals surface area contributed by atoms with Crippen LogP contribution in [0.25, 0.3) is 0 Å². The second-order valence-electron chi connectivity index (χ2n) is 6.73. The number of carbonyl (C=O) groups excluding carboxylic acids is 1. The summed E-state index contributed by atoms with van der Waals surface area (Å²) in [4.78, 5) is 20.0. The van der Waals surface area contributed by atoms with E-state index in [1.165, 1.54) is 19.3 Å². The minimum absolute atomic E-state index is 0.0289. The van der Waals surface area contributed by atoms with Gasteiger partial charge in [0.25, 0.3) is 5.91 Å². The van der Waals surface area contributed by atoms with Gasteiger partial charge in [-0.3, -0.25) is 9.69 Å². The Kier molecular flexibility index (Phi) is 4.98. The van der Waals surface area contributed by atoms with Gasteiger partial charge >= 0.3 is 0 Å². The summed E-state index contributed by atoms with van der Waals surface area (Å²) >= 11 is 0. The van der Waals surface area contributed by atoms with Crippen molar-refractivity contribution in [1.82, 2.24) is 10.2 Å². The van der Waals surface area contributed by atoms with Gasteiger partial charge in [-0.05, 0) is 19.8 Å². The number of hydrogen-bond acceptors (Lipinski definition) is 5. The van der Waals surface area contributed by atoms with E-state index < -0.39 is 6.10 Å². The average Bonchev–Trinajstić information content (AvgIpc) is 3.01. The van der Waals surface area contributed by atoms with E-state index >= 15 is 0 Å². The Morgan fingerprint density at radius 3 is 2.68 bits per heavy atom. The first-order valence-corrected chi connectivity index (χ1v) is 8.49. The molecule has 0 aromatic carbocycles. The van der Waals surface area contributed by atoms with E-state index in [-0.39, 0.29) is 11.4 Å². The molecule has 0 spiro atoms. The number of hydrogen-bond donors (Lipinski definition) is 1. The van der Waals surface area contributed by atoms with Crippen molar-refractivity contribution >= 4 is 11.6 Å². The van der Waals surface area contributed by atoms with Crippen LogP contribution in [0, 0.1) is 0 Å². The van der Waals surface area contributed by atoms with Crippen molar-refractivity contribution in [2.45, 2.75) is 57.1 Å². The fourth-order valence-corrected chi connectivity index (χ4v) is 3.85. The van der Waals surface area contributed by atoms with E-state index in [0.717, 1.165) is 44.9 Å². The zero-order valence-electron chi connectivity index (χ0n) is 13.5.